The fraction of sp³-hybridized carbons (Fsp3) is 0.125. The second kappa shape index (κ2) is 6.52. The summed E-state index contributed by atoms with van der Waals surface area (Å²) in [5, 5.41) is 3.86. The molecule has 0 fully saturated rings. The SMILES string of the molecule is Cc1cc(C(=O)N/N=C\C=C\c2ccccc2)c(C)o1. The fourth-order valence-corrected chi connectivity index (χ4v) is 1.77. The number of amides is 1. The third kappa shape index (κ3) is 3.68. The Morgan fingerprint density at radius 2 is 2.00 bits per heavy atom. The zero-order valence-electron chi connectivity index (χ0n) is 11.5. The Hall–Kier alpha value is -2.62. The molecule has 2 aromatic rings. The maximum atomic E-state index is 11.8. The van der Waals surface area contributed by atoms with Crippen molar-refractivity contribution in [2.75, 3.05) is 0 Å². The van der Waals surface area contributed by atoms with Gasteiger partial charge in [0.25, 0.3) is 5.91 Å². The third-order valence-electron chi connectivity index (χ3n) is 2.70. The van der Waals surface area contributed by atoms with Gasteiger partial charge in [0.05, 0.1) is 5.56 Å². The molecule has 102 valence electrons. The van der Waals surface area contributed by atoms with Gasteiger partial charge < -0.3 is 4.42 Å². The maximum absolute atomic E-state index is 11.8. The summed E-state index contributed by atoms with van der Waals surface area (Å²) in [5.41, 5.74) is 4.04. The van der Waals surface area contributed by atoms with E-state index in [1.54, 1.807) is 26.0 Å². The van der Waals surface area contributed by atoms with Crippen LogP contribution >= 0.6 is 0 Å². The van der Waals surface area contributed by atoms with Gasteiger partial charge in [-0.15, -0.1) is 0 Å². The number of hydrogen-bond donors (Lipinski definition) is 1. The van der Waals surface area contributed by atoms with Crippen molar-refractivity contribution in [3.05, 3.63) is 65.1 Å². The highest BCUT2D eigenvalue weighted by atomic mass is 16.3. The lowest BCUT2D eigenvalue weighted by atomic mass is 10.2. The van der Waals surface area contributed by atoms with E-state index in [1.807, 2.05) is 36.4 Å². The van der Waals surface area contributed by atoms with Gasteiger partial charge in [0.15, 0.2) is 0 Å². The summed E-state index contributed by atoms with van der Waals surface area (Å²) in [6.45, 7) is 3.55. The minimum atomic E-state index is -0.274. The number of nitrogens with one attached hydrogen (secondary N) is 1. The van der Waals surface area contributed by atoms with E-state index >= 15 is 0 Å². The molecule has 1 amide bonds. The molecule has 4 heteroatoms. The molecule has 0 aliphatic rings. The molecule has 0 bridgehead atoms. The summed E-state index contributed by atoms with van der Waals surface area (Å²) in [6, 6.07) is 11.5. The molecule has 20 heavy (non-hydrogen) atoms. The molecule has 1 aromatic heterocycles. The zero-order chi connectivity index (χ0) is 14.4. The number of rotatable bonds is 4. The molecule has 0 unspecified atom stereocenters. The molecule has 0 atom stereocenters. The normalized spacial score (nSPS) is 11.3. The van der Waals surface area contributed by atoms with E-state index in [1.165, 1.54) is 6.21 Å². The molecule has 4 nitrogen and oxygen atoms in total. The van der Waals surface area contributed by atoms with Crippen molar-refractivity contribution in [1.82, 2.24) is 5.43 Å². The predicted molar refractivity (Wildman–Crippen MR) is 79.6 cm³/mol. The summed E-state index contributed by atoms with van der Waals surface area (Å²) >= 11 is 0. The van der Waals surface area contributed by atoms with Gasteiger partial charge in [0.2, 0.25) is 0 Å². The number of carbonyl (C=O) groups is 1. The molecule has 0 saturated carbocycles. The number of hydrazone groups is 1. The maximum Gasteiger partial charge on any atom is 0.274 e. The first kappa shape index (κ1) is 13.8. The van der Waals surface area contributed by atoms with Crippen molar-refractivity contribution in [3.8, 4) is 0 Å². The predicted octanol–water partition coefficient (Wildman–Crippen LogP) is 3.33. The lowest BCUT2D eigenvalue weighted by Crippen LogP contribution is -2.17. The molecule has 0 aliphatic carbocycles. The van der Waals surface area contributed by atoms with Crippen LogP contribution in [0.5, 0.6) is 0 Å². The first-order valence-electron chi connectivity index (χ1n) is 6.29. The molecule has 0 aliphatic heterocycles. The van der Waals surface area contributed by atoms with Crippen molar-refractivity contribution in [2.45, 2.75) is 13.8 Å². The molecule has 1 heterocycles. The van der Waals surface area contributed by atoms with Crippen LogP contribution in [-0.2, 0) is 0 Å². The van der Waals surface area contributed by atoms with Crippen LogP contribution in [0.2, 0.25) is 0 Å². The average Bonchev–Trinajstić information content (AvgIpc) is 2.78. The van der Waals surface area contributed by atoms with Gasteiger partial charge in [-0.2, -0.15) is 5.10 Å². The van der Waals surface area contributed by atoms with Gasteiger partial charge in [-0.05, 0) is 31.6 Å². The van der Waals surface area contributed by atoms with E-state index in [4.69, 9.17) is 4.42 Å². The second-order valence-corrected chi connectivity index (χ2v) is 4.32. The van der Waals surface area contributed by atoms with Crippen LogP contribution in [0.3, 0.4) is 0 Å². The Bertz CT molecular complexity index is 640. The van der Waals surface area contributed by atoms with Crippen molar-refractivity contribution in [1.29, 1.82) is 0 Å². The number of nitrogens with zero attached hydrogens (tertiary/aromatic N) is 1. The Labute approximate surface area is 117 Å². The third-order valence-corrected chi connectivity index (χ3v) is 2.70. The zero-order valence-corrected chi connectivity index (χ0v) is 11.5. The van der Waals surface area contributed by atoms with E-state index in [-0.39, 0.29) is 5.91 Å². The minimum absolute atomic E-state index is 0.274. The molecular formula is C16H16N2O2. The topological polar surface area (TPSA) is 54.6 Å². The monoisotopic (exact) mass is 268 g/mol. The van der Waals surface area contributed by atoms with Gasteiger partial charge in [0, 0.05) is 6.21 Å². The van der Waals surface area contributed by atoms with Crippen molar-refractivity contribution < 1.29 is 9.21 Å². The van der Waals surface area contributed by atoms with Gasteiger partial charge in [-0.1, -0.05) is 36.4 Å². The molecular weight excluding hydrogens is 252 g/mol. The number of allylic oxidation sites excluding steroid dienone is 1. The molecule has 0 saturated heterocycles. The van der Waals surface area contributed by atoms with Crippen LogP contribution in [0.1, 0.15) is 27.4 Å². The Kier molecular flexibility index (Phi) is 4.50. The quantitative estimate of drug-likeness (QED) is 0.683. The summed E-state index contributed by atoms with van der Waals surface area (Å²) in [7, 11) is 0. The number of carbonyl (C=O) groups excluding carboxylic acids is 1. The van der Waals surface area contributed by atoms with E-state index < -0.39 is 0 Å². The Balaban J connectivity index is 1.89. The Morgan fingerprint density at radius 3 is 2.65 bits per heavy atom. The summed E-state index contributed by atoms with van der Waals surface area (Å²) in [4.78, 5) is 11.8. The lowest BCUT2D eigenvalue weighted by molar-refractivity contribution is 0.0953. The molecule has 0 radical (unpaired) electrons. The van der Waals surface area contributed by atoms with Gasteiger partial charge in [-0.3, -0.25) is 4.79 Å². The van der Waals surface area contributed by atoms with E-state index in [0.717, 1.165) is 5.56 Å². The average molecular weight is 268 g/mol. The van der Waals surface area contributed by atoms with Gasteiger partial charge in [0.1, 0.15) is 11.5 Å². The van der Waals surface area contributed by atoms with Crippen LogP contribution in [0.15, 0.2) is 52.0 Å². The number of furan rings is 1. The standard InChI is InChI=1S/C16H16N2O2/c1-12-11-15(13(2)20-12)16(19)18-17-10-6-9-14-7-4-3-5-8-14/h3-11H,1-2H3,(H,18,19)/b9-6+,17-10-. The van der Waals surface area contributed by atoms with Crippen LogP contribution in [0.4, 0.5) is 0 Å². The first-order chi connectivity index (χ1) is 9.66. The Morgan fingerprint density at radius 1 is 1.25 bits per heavy atom. The smallest absolute Gasteiger partial charge is 0.274 e. The van der Waals surface area contributed by atoms with Crippen LogP contribution in [0.25, 0.3) is 6.08 Å². The van der Waals surface area contributed by atoms with E-state index in [2.05, 4.69) is 10.5 Å². The summed E-state index contributed by atoms with van der Waals surface area (Å²) in [5.74, 6) is 1.03. The highest BCUT2D eigenvalue weighted by Crippen LogP contribution is 2.13. The summed E-state index contributed by atoms with van der Waals surface area (Å²) < 4.78 is 5.29. The van der Waals surface area contributed by atoms with Crippen LogP contribution < -0.4 is 5.43 Å². The minimum Gasteiger partial charge on any atom is -0.466 e. The second-order valence-electron chi connectivity index (χ2n) is 4.32. The van der Waals surface area contributed by atoms with Crippen molar-refractivity contribution in [3.63, 3.8) is 0 Å². The molecule has 1 aromatic carbocycles. The molecule has 2 rings (SSSR count). The number of aryl methyl sites for hydroxylation is 2. The molecule has 0 spiro atoms. The highest BCUT2D eigenvalue weighted by Gasteiger charge is 2.12. The number of benzene rings is 1. The van der Waals surface area contributed by atoms with Crippen molar-refractivity contribution in [2.24, 2.45) is 5.10 Å². The lowest BCUT2D eigenvalue weighted by Gasteiger charge is -1.95. The largest absolute Gasteiger partial charge is 0.466 e. The van der Waals surface area contributed by atoms with E-state index in [9.17, 15) is 4.79 Å². The number of hydrogen-bond acceptors (Lipinski definition) is 3. The molecule has 1 N–H and O–H groups in total. The van der Waals surface area contributed by atoms with E-state index in [0.29, 0.717) is 17.1 Å². The fourth-order valence-electron chi connectivity index (χ4n) is 1.77. The summed E-state index contributed by atoms with van der Waals surface area (Å²) in [6.07, 6.45) is 5.21. The van der Waals surface area contributed by atoms with Gasteiger partial charge >= 0.3 is 0 Å². The highest BCUT2D eigenvalue weighted by molar-refractivity contribution is 5.95. The first-order valence-corrected chi connectivity index (χ1v) is 6.29. The van der Waals surface area contributed by atoms with Crippen LogP contribution in [-0.4, -0.2) is 12.1 Å². The van der Waals surface area contributed by atoms with Crippen LogP contribution in [0, 0.1) is 13.8 Å². The van der Waals surface area contributed by atoms with Gasteiger partial charge in [-0.25, -0.2) is 5.43 Å². The van der Waals surface area contributed by atoms with Crippen molar-refractivity contribution >= 4 is 18.2 Å².